The Kier molecular flexibility index (Phi) is 6.32. The second-order valence-corrected chi connectivity index (χ2v) is 6.81. The average molecular weight is 395 g/mol. The molecule has 2 aromatic rings. The molecule has 0 N–H and O–H groups in total. The van der Waals surface area contributed by atoms with E-state index in [1.165, 1.54) is 4.90 Å². The van der Waals surface area contributed by atoms with E-state index < -0.39 is 17.5 Å². The van der Waals surface area contributed by atoms with E-state index in [4.69, 9.17) is 9.47 Å². The number of carbonyl (C=O) groups is 3. The Morgan fingerprint density at radius 2 is 1.59 bits per heavy atom. The molecule has 0 aromatic heterocycles. The predicted molar refractivity (Wildman–Crippen MR) is 107 cm³/mol. The van der Waals surface area contributed by atoms with Crippen LogP contribution >= 0.6 is 0 Å². The smallest absolute Gasteiger partial charge is 0.336 e. The van der Waals surface area contributed by atoms with E-state index in [0.717, 1.165) is 5.56 Å². The van der Waals surface area contributed by atoms with E-state index in [9.17, 15) is 14.4 Å². The molecule has 1 atom stereocenters. The van der Waals surface area contributed by atoms with Crippen LogP contribution in [0.1, 0.15) is 48.2 Å². The summed E-state index contributed by atoms with van der Waals surface area (Å²) in [7, 11) is 0. The Bertz CT molecular complexity index is 895. The third kappa shape index (κ3) is 3.88. The number of hydrogen-bond donors (Lipinski definition) is 0. The quantitative estimate of drug-likeness (QED) is 0.640. The first-order valence-electron chi connectivity index (χ1n) is 9.82. The molecular weight excluding hydrogens is 370 g/mol. The molecule has 1 aliphatic rings. The fourth-order valence-electron chi connectivity index (χ4n) is 3.83. The number of nitrogens with zero attached hydrogens (tertiary/aromatic N) is 1. The summed E-state index contributed by atoms with van der Waals surface area (Å²) in [6.07, 6.45) is 0.0970. The van der Waals surface area contributed by atoms with Gasteiger partial charge in [-0.05, 0) is 31.9 Å². The fraction of sp³-hybridized carbons (Fsp3) is 0.348. The summed E-state index contributed by atoms with van der Waals surface area (Å²) in [5, 5.41) is 0. The Hall–Kier alpha value is -3.15. The van der Waals surface area contributed by atoms with Gasteiger partial charge >= 0.3 is 11.9 Å². The molecule has 29 heavy (non-hydrogen) atoms. The van der Waals surface area contributed by atoms with Gasteiger partial charge in [0.15, 0.2) is 5.54 Å². The standard InChI is InChI=1S/C23H25NO5/c1-3-28-20(25)14-15-23(22(27)29-4-2)19-13-9-8-12-18(19)21(26)24(23)16-17-10-6-5-7-11-17/h5-13H,3-4,14-16H2,1-2H3. The number of amides is 1. The van der Waals surface area contributed by atoms with Gasteiger partial charge in [-0.25, -0.2) is 4.79 Å². The molecule has 1 amide bonds. The van der Waals surface area contributed by atoms with Crippen molar-refractivity contribution in [2.45, 2.75) is 38.8 Å². The first-order chi connectivity index (χ1) is 14.0. The molecule has 0 saturated carbocycles. The van der Waals surface area contributed by atoms with E-state index >= 15 is 0 Å². The lowest BCUT2D eigenvalue weighted by atomic mass is 9.84. The minimum atomic E-state index is -1.37. The topological polar surface area (TPSA) is 72.9 Å². The number of rotatable bonds is 8. The molecule has 0 bridgehead atoms. The van der Waals surface area contributed by atoms with Crippen molar-refractivity contribution in [1.82, 2.24) is 4.90 Å². The molecule has 1 heterocycles. The van der Waals surface area contributed by atoms with Gasteiger partial charge in [0, 0.05) is 24.1 Å². The highest BCUT2D eigenvalue weighted by atomic mass is 16.5. The molecule has 0 radical (unpaired) electrons. The van der Waals surface area contributed by atoms with Crippen molar-refractivity contribution in [2.75, 3.05) is 13.2 Å². The first kappa shape index (κ1) is 20.6. The van der Waals surface area contributed by atoms with Crippen molar-refractivity contribution >= 4 is 17.8 Å². The molecule has 6 nitrogen and oxygen atoms in total. The summed E-state index contributed by atoms with van der Waals surface area (Å²) in [6.45, 7) is 4.12. The lowest BCUT2D eigenvalue weighted by molar-refractivity contribution is -0.158. The van der Waals surface area contributed by atoms with Gasteiger partial charge in [-0.3, -0.25) is 9.59 Å². The van der Waals surface area contributed by atoms with Crippen molar-refractivity contribution in [2.24, 2.45) is 0 Å². The van der Waals surface area contributed by atoms with E-state index in [0.29, 0.717) is 11.1 Å². The third-order valence-corrected chi connectivity index (χ3v) is 5.10. The maximum atomic E-state index is 13.3. The van der Waals surface area contributed by atoms with Gasteiger partial charge in [-0.15, -0.1) is 0 Å². The maximum Gasteiger partial charge on any atom is 0.336 e. The van der Waals surface area contributed by atoms with Crippen LogP contribution in [0.4, 0.5) is 0 Å². The van der Waals surface area contributed by atoms with Gasteiger partial charge in [0.2, 0.25) is 0 Å². The molecule has 152 valence electrons. The van der Waals surface area contributed by atoms with E-state index in [1.807, 2.05) is 30.3 Å². The summed E-state index contributed by atoms with van der Waals surface area (Å²) in [5.74, 6) is -1.19. The van der Waals surface area contributed by atoms with Crippen molar-refractivity contribution in [3.8, 4) is 0 Å². The van der Waals surface area contributed by atoms with Crippen molar-refractivity contribution in [1.29, 1.82) is 0 Å². The molecule has 0 spiro atoms. The summed E-state index contributed by atoms with van der Waals surface area (Å²) >= 11 is 0. The van der Waals surface area contributed by atoms with Crippen LogP contribution in [0.15, 0.2) is 54.6 Å². The number of benzene rings is 2. The van der Waals surface area contributed by atoms with Crippen LogP contribution < -0.4 is 0 Å². The van der Waals surface area contributed by atoms with Crippen LogP contribution in [0, 0.1) is 0 Å². The first-order valence-corrected chi connectivity index (χ1v) is 9.82. The minimum Gasteiger partial charge on any atom is -0.466 e. The SMILES string of the molecule is CCOC(=O)CCC1(C(=O)OCC)c2ccccc2C(=O)N1Cc1ccccc1. The molecular formula is C23H25NO5. The van der Waals surface area contributed by atoms with Crippen molar-refractivity contribution in [3.05, 3.63) is 71.3 Å². The molecule has 0 aliphatic carbocycles. The van der Waals surface area contributed by atoms with Gasteiger partial charge in [0.25, 0.3) is 5.91 Å². The Balaban J connectivity index is 2.08. The molecule has 6 heteroatoms. The van der Waals surface area contributed by atoms with Crippen LogP contribution in [0.3, 0.4) is 0 Å². The molecule has 1 unspecified atom stereocenters. The van der Waals surface area contributed by atoms with Gasteiger partial charge in [-0.2, -0.15) is 0 Å². The zero-order chi connectivity index (χ0) is 20.9. The van der Waals surface area contributed by atoms with Gasteiger partial charge in [0.05, 0.1) is 13.2 Å². The monoisotopic (exact) mass is 395 g/mol. The Morgan fingerprint density at radius 3 is 2.28 bits per heavy atom. The minimum absolute atomic E-state index is 0.000438. The van der Waals surface area contributed by atoms with E-state index in [-0.39, 0.29) is 38.5 Å². The molecule has 1 aliphatic heterocycles. The largest absolute Gasteiger partial charge is 0.466 e. The van der Waals surface area contributed by atoms with Crippen LogP contribution in [0.2, 0.25) is 0 Å². The van der Waals surface area contributed by atoms with Gasteiger partial charge in [-0.1, -0.05) is 48.5 Å². The number of esters is 2. The Morgan fingerprint density at radius 1 is 0.931 bits per heavy atom. The normalized spacial score (nSPS) is 17.7. The summed E-state index contributed by atoms with van der Waals surface area (Å²) in [4.78, 5) is 40.2. The van der Waals surface area contributed by atoms with Crippen LogP contribution in [0.25, 0.3) is 0 Å². The molecule has 0 fully saturated rings. The van der Waals surface area contributed by atoms with E-state index in [1.54, 1.807) is 38.1 Å². The van der Waals surface area contributed by atoms with Gasteiger partial charge in [0.1, 0.15) is 0 Å². The average Bonchev–Trinajstić information content (AvgIpc) is 2.97. The molecule has 2 aromatic carbocycles. The predicted octanol–water partition coefficient (Wildman–Crippen LogP) is 3.44. The van der Waals surface area contributed by atoms with Gasteiger partial charge < -0.3 is 14.4 Å². The fourth-order valence-corrected chi connectivity index (χ4v) is 3.83. The lowest BCUT2D eigenvalue weighted by Crippen LogP contribution is -2.50. The zero-order valence-corrected chi connectivity index (χ0v) is 16.7. The van der Waals surface area contributed by atoms with Crippen molar-refractivity contribution < 1.29 is 23.9 Å². The van der Waals surface area contributed by atoms with Crippen molar-refractivity contribution in [3.63, 3.8) is 0 Å². The van der Waals surface area contributed by atoms with Crippen LogP contribution in [-0.4, -0.2) is 36.0 Å². The summed E-state index contributed by atoms with van der Waals surface area (Å²) < 4.78 is 10.5. The summed E-state index contributed by atoms with van der Waals surface area (Å²) in [6, 6.07) is 16.5. The molecule has 0 saturated heterocycles. The highest BCUT2D eigenvalue weighted by molar-refractivity contribution is 6.06. The second kappa shape index (κ2) is 8.90. The summed E-state index contributed by atoms with van der Waals surface area (Å²) in [5.41, 5.74) is 0.550. The highest BCUT2D eigenvalue weighted by Gasteiger charge is 2.55. The van der Waals surface area contributed by atoms with E-state index in [2.05, 4.69) is 0 Å². The highest BCUT2D eigenvalue weighted by Crippen LogP contribution is 2.44. The Labute approximate surface area is 170 Å². The third-order valence-electron chi connectivity index (χ3n) is 5.10. The number of ether oxygens (including phenoxy) is 2. The second-order valence-electron chi connectivity index (χ2n) is 6.81. The lowest BCUT2D eigenvalue weighted by Gasteiger charge is -2.37. The van der Waals surface area contributed by atoms with Crippen LogP contribution in [0.5, 0.6) is 0 Å². The number of hydrogen-bond acceptors (Lipinski definition) is 5. The molecule has 3 rings (SSSR count). The number of fused-ring (bicyclic) bond motifs is 1. The number of carbonyl (C=O) groups excluding carboxylic acids is 3. The van der Waals surface area contributed by atoms with Crippen LogP contribution in [-0.2, 0) is 31.1 Å². The maximum absolute atomic E-state index is 13.3. The zero-order valence-electron chi connectivity index (χ0n) is 16.7.